The molecule has 0 bridgehead atoms. The van der Waals surface area contributed by atoms with Gasteiger partial charge in [0.1, 0.15) is 11.7 Å². The minimum atomic E-state index is -3.06. The lowest BCUT2D eigenvalue weighted by Crippen LogP contribution is -2.41. The second-order valence-electron chi connectivity index (χ2n) is 10.2. The summed E-state index contributed by atoms with van der Waals surface area (Å²) in [6.07, 6.45) is 1.15. The number of aryl methyl sites for hydroxylation is 1. The van der Waals surface area contributed by atoms with Gasteiger partial charge in [0.25, 0.3) is 0 Å². The summed E-state index contributed by atoms with van der Waals surface area (Å²) in [5.74, 6) is -0.544. The Morgan fingerprint density at radius 2 is 1.84 bits per heavy atom. The standard InChI is InChI=1S/C28H32F2N2O6/c1-16-14-22(37-26(29)30)24(19-11-13-32(23(16)19)27(34)38-28(2,3)4)36-21-10-12-31-15-20(21)17-6-8-18(9-7-17)25(33)35-5/h6-9,11,13-14,20-21,26,31H,10,12,15H2,1-5H3/t20-,21+/m0/s1. The lowest BCUT2D eigenvalue weighted by atomic mass is 9.88. The topological polar surface area (TPSA) is 88.0 Å². The second-order valence-corrected chi connectivity index (χ2v) is 10.2. The highest BCUT2D eigenvalue weighted by Crippen LogP contribution is 2.42. The van der Waals surface area contributed by atoms with Crippen molar-refractivity contribution in [2.75, 3.05) is 20.2 Å². The van der Waals surface area contributed by atoms with E-state index in [4.69, 9.17) is 18.9 Å². The summed E-state index contributed by atoms with van der Waals surface area (Å²) in [5, 5.41) is 3.81. The summed E-state index contributed by atoms with van der Waals surface area (Å²) in [4.78, 5) is 24.7. The number of rotatable bonds is 6. The normalized spacial score (nSPS) is 17.9. The Morgan fingerprint density at radius 3 is 2.47 bits per heavy atom. The number of benzene rings is 2. The van der Waals surface area contributed by atoms with Crippen LogP contribution in [0.25, 0.3) is 10.9 Å². The molecule has 1 saturated heterocycles. The molecule has 1 aliphatic heterocycles. The maximum absolute atomic E-state index is 13.4. The molecular weight excluding hydrogens is 498 g/mol. The van der Waals surface area contributed by atoms with Crippen molar-refractivity contribution in [1.82, 2.24) is 9.88 Å². The van der Waals surface area contributed by atoms with Gasteiger partial charge in [-0.3, -0.25) is 4.57 Å². The zero-order chi connectivity index (χ0) is 27.6. The number of ether oxygens (including phenoxy) is 4. The van der Waals surface area contributed by atoms with Gasteiger partial charge in [0, 0.05) is 24.0 Å². The lowest BCUT2D eigenvalue weighted by molar-refractivity contribution is -0.0522. The number of methoxy groups -OCH3 is 1. The number of halogens is 2. The van der Waals surface area contributed by atoms with Crippen LogP contribution in [-0.4, -0.2) is 55.1 Å². The highest BCUT2D eigenvalue weighted by molar-refractivity contribution is 5.97. The lowest BCUT2D eigenvalue weighted by Gasteiger charge is -2.33. The van der Waals surface area contributed by atoms with Crippen molar-refractivity contribution >= 4 is 23.0 Å². The number of esters is 1. The van der Waals surface area contributed by atoms with Gasteiger partial charge in [0.05, 0.1) is 18.2 Å². The maximum atomic E-state index is 13.4. The van der Waals surface area contributed by atoms with E-state index >= 15 is 0 Å². The summed E-state index contributed by atoms with van der Waals surface area (Å²) < 4.78 is 49.8. The minimum absolute atomic E-state index is 0.106. The molecule has 0 spiro atoms. The first-order chi connectivity index (χ1) is 18.0. The average molecular weight is 531 g/mol. The highest BCUT2D eigenvalue weighted by atomic mass is 19.3. The maximum Gasteiger partial charge on any atom is 0.419 e. The van der Waals surface area contributed by atoms with Gasteiger partial charge in [-0.15, -0.1) is 0 Å². The van der Waals surface area contributed by atoms with E-state index in [9.17, 15) is 18.4 Å². The van der Waals surface area contributed by atoms with Crippen molar-refractivity contribution < 1.29 is 37.3 Å². The van der Waals surface area contributed by atoms with Crippen LogP contribution in [0, 0.1) is 6.92 Å². The number of fused-ring (bicyclic) bond motifs is 1. The Kier molecular flexibility index (Phi) is 7.91. The fourth-order valence-corrected chi connectivity index (χ4v) is 4.69. The molecule has 204 valence electrons. The third kappa shape index (κ3) is 5.91. The number of hydrogen-bond donors (Lipinski definition) is 1. The molecule has 4 rings (SSSR count). The summed E-state index contributed by atoms with van der Waals surface area (Å²) in [6.45, 7) is 5.20. The number of carbonyl (C=O) groups is 2. The van der Waals surface area contributed by atoms with Gasteiger partial charge in [-0.2, -0.15) is 8.78 Å². The first-order valence-corrected chi connectivity index (χ1v) is 12.4. The van der Waals surface area contributed by atoms with Crippen LogP contribution in [0.5, 0.6) is 11.5 Å². The molecule has 1 aliphatic rings. The van der Waals surface area contributed by atoms with Crippen molar-refractivity contribution in [3.8, 4) is 11.5 Å². The van der Waals surface area contributed by atoms with Gasteiger partial charge in [0.2, 0.25) is 0 Å². The molecule has 38 heavy (non-hydrogen) atoms. The number of nitrogens with one attached hydrogen (secondary N) is 1. The largest absolute Gasteiger partial charge is 0.485 e. The summed E-state index contributed by atoms with van der Waals surface area (Å²) in [6, 6.07) is 10.1. The first kappa shape index (κ1) is 27.4. The van der Waals surface area contributed by atoms with E-state index in [0.717, 1.165) is 5.56 Å². The average Bonchev–Trinajstić information content (AvgIpc) is 3.31. The third-order valence-electron chi connectivity index (χ3n) is 6.33. The van der Waals surface area contributed by atoms with E-state index < -0.39 is 30.4 Å². The smallest absolute Gasteiger partial charge is 0.419 e. The van der Waals surface area contributed by atoms with E-state index in [1.165, 1.54) is 23.9 Å². The van der Waals surface area contributed by atoms with Gasteiger partial charge in [-0.05, 0) is 76.1 Å². The highest BCUT2D eigenvalue weighted by Gasteiger charge is 2.31. The summed E-state index contributed by atoms with van der Waals surface area (Å²) >= 11 is 0. The molecule has 2 heterocycles. The van der Waals surface area contributed by atoms with E-state index in [2.05, 4.69) is 5.32 Å². The van der Waals surface area contributed by atoms with Crippen LogP contribution in [0.2, 0.25) is 0 Å². The van der Waals surface area contributed by atoms with Gasteiger partial charge in [-0.1, -0.05) is 12.1 Å². The number of alkyl halides is 2. The van der Waals surface area contributed by atoms with E-state index in [1.807, 2.05) is 12.1 Å². The van der Waals surface area contributed by atoms with E-state index in [0.29, 0.717) is 41.5 Å². The van der Waals surface area contributed by atoms with Gasteiger partial charge in [-0.25, -0.2) is 9.59 Å². The van der Waals surface area contributed by atoms with E-state index in [-0.39, 0.29) is 17.4 Å². The predicted molar refractivity (Wildman–Crippen MR) is 137 cm³/mol. The zero-order valence-electron chi connectivity index (χ0n) is 22.0. The molecule has 10 heteroatoms. The fraction of sp³-hybridized carbons (Fsp3) is 0.429. The Morgan fingerprint density at radius 1 is 1.13 bits per heavy atom. The molecule has 1 fully saturated rings. The van der Waals surface area contributed by atoms with E-state index in [1.54, 1.807) is 45.9 Å². The minimum Gasteiger partial charge on any atom is -0.485 e. The number of carbonyl (C=O) groups excluding carboxylic acids is 2. The molecular formula is C28H32F2N2O6. The molecule has 1 N–H and O–H groups in total. The molecule has 0 radical (unpaired) electrons. The van der Waals surface area contributed by atoms with Crippen LogP contribution >= 0.6 is 0 Å². The quantitative estimate of drug-likeness (QED) is 0.413. The van der Waals surface area contributed by atoms with Gasteiger partial charge in [0.15, 0.2) is 11.5 Å². The molecule has 8 nitrogen and oxygen atoms in total. The summed E-state index contributed by atoms with van der Waals surface area (Å²) in [7, 11) is 1.32. The summed E-state index contributed by atoms with van der Waals surface area (Å²) in [5.41, 5.74) is 1.67. The van der Waals surface area contributed by atoms with Crippen molar-refractivity contribution in [1.29, 1.82) is 0 Å². The second kappa shape index (κ2) is 11.0. The number of piperidine rings is 1. The molecule has 1 aromatic heterocycles. The number of nitrogens with zero attached hydrogens (tertiary/aromatic N) is 1. The van der Waals surface area contributed by atoms with Gasteiger partial charge >= 0.3 is 18.7 Å². The van der Waals surface area contributed by atoms with Crippen LogP contribution in [0.1, 0.15) is 54.6 Å². The van der Waals surface area contributed by atoms with Crippen LogP contribution < -0.4 is 14.8 Å². The number of aromatic nitrogens is 1. The number of hydrogen-bond acceptors (Lipinski definition) is 7. The van der Waals surface area contributed by atoms with Crippen molar-refractivity contribution in [2.24, 2.45) is 0 Å². The van der Waals surface area contributed by atoms with Crippen molar-refractivity contribution in [3.05, 3.63) is 59.3 Å². The Hall–Kier alpha value is -3.66. The zero-order valence-corrected chi connectivity index (χ0v) is 22.0. The van der Waals surface area contributed by atoms with Gasteiger partial charge < -0.3 is 24.3 Å². The van der Waals surface area contributed by atoms with Crippen molar-refractivity contribution in [2.45, 2.75) is 58.4 Å². The molecule has 0 unspecified atom stereocenters. The van der Waals surface area contributed by atoms with Crippen molar-refractivity contribution in [3.63, 3.8) is 0 Å². The third-order valence-corrected chi connectivity index (χ3v) is 6.33. The molecule has 3 aromatic rings. The molecule has 0 saturated carbocycles. The fourth-order valence-electron chi connectivity index (χ4n) is 4.69. The molecule has 0 amide bonds. The Balaban J connectivity index is 1.74. The first-order valence-electron chi connectivity index (χ1n) is 12.4. The molecule has 0 aliphatic carbocycles. The molecule has 2 atom stereocenters. The monoisotopic (exact) mass is 530 g/mol. The predicted octanol–water partition coefficient (Wildman–Crippen LogP) is 5.65. The van der Waals surface area contributed by atoms with Crippen LogP contribution in [0.3, 0.4) is 0 Å². The Labute approximate surface area is 219 Å². The SMILES string of the molecule is COC(=O)c1ccc([C@@H]2CNCC[C@H]2Oc2c(OC(F)F)cc(C)c3c2ccn3C(=O)OC(C)(C)C)cc1. The molecule has 2 aromatic carbocycles. The van der Waals surface area contributed by atoms with Crippen LogP contribution in [0.15, 0.2) is 42.6 Å². The Bertz CT molecular complexity index is 1310. The van der Waals surface area contributed by atoms with Crippen LogP contribution in [0.4, 0.5) is 13.6 Å². The van der Waals surface area contributed by atoms with Crippen LogP contribution in [-0.2, 0) is 9.47 Å².